The fourth-order valence-electron chi connectivity index (χ4n) is 1.05. The van der Waals surface area contributed by atoms with Gasteiger partial charge in [-0.2, -0.15) is 0 Å². The van der Waals surface area contributed by atoms with Crippen LogP contribution >= 0.6 is 0 Å². The number of hydrogen-bond donors (Lipinski definition) is 2. The van der Waals surface area contributed by atoms with E-state index in [1.54, 1.807) is 0 Å². The van der Waals surface area contributed by atoms with Gasteiger partial charge < -0.3 is 10.2 Å². The Morgan fingerprint density at radius 2 is 1.75 bits per heavy atom. The van der Waals surface area contributed by atoms with E-state index < -0.39 is 12.2 Å². The van der Waals surface area contributed by atoms with Crippen molar-refractivity contribution in [2.45, 2.75) is 46.3 Å². The van der Waals surface area contributed by atoms with E-state index >= 15 is 0 Å². The molecule has 0 aromatic carbocycles. The van der Waals surface area contributed by atoms with Gasteiger partial charge in [-0.15, -0.1) is 6.58 Å². The summed E-state index contributed by atoms with van der Waals surface area (Å²) in [5.74, 6) is 0. The molecule has 0 spiro atoms. The van der Waals surface area contributed by atoms with E-state index in [2.05, 4.69) is 6.58 Å². The van der Waals surface area contributed by atoms with Crippen molar-refractivity contribution in [3.05, 3.63) is 12.2 Å². The van der Waals surface area contributed by atoms with E-state index in [0.717, 1.165) is 5.57 Å². The van der Waals surface area contributed by atoms with Crippen LogP contribution < -0.4 is 0 Å². The number of aliphatic hydroxyl groups is 2. The second-order valence-electron chi connectivity index (χ2n) is 4.54. The summed E-state index contributed by atoms with van der Waals surface area (Å²) in [4.78, 5) is 0. The monoisotopic (exact) mass is 172 g/mol. The van der Waals surface area contributed by atoms with Gasteiger partial charge >= 0.3 is 0 Å². The van der Waals surface area contributed by atoms with Gasteiger partial charge in [-0.05, 0) is 18.8 Å². The highest BCUT2D eigenvalue weighted by Crippen LogP contribution is 2.24. The maximum absolute atomic E-state index is 9.61. The Balaban J connectivity index is 4.10. The fourth-order valence-corrected chi connectivity index (χ4v) is 1.05. The SMILES string of the molecule is C=C(C)CC(O)C(O)C(C)(C)C. The van der Waals surface area contributed by atoms with Gasteiger partial charge in [0.15, 0.2) is 0 Å². The highest BCUT2D eigenvalue weighted by Gasteiger charge is 2.28. The van der Waals surface area contributed by atoms with Crippen molar-refractivity contribution in [1.29, 1.82) is 0 Å². The molecule has 0 aliphatic heterocycles. The molecule has 0 aromatic heterocycles. The summed E-state index contributed by atoms with van der Waals surface area (Å²) in [7, 11) is 0. The van der Waals surface area contributed by atoms with Gasteiger partial charge in [0.1, 0.15) is 0 Å². The molecule has 2 N–H and O–H groups in total. The van der Waals surface area contributed by atoms with Crippen molar-refractivity contribution < 1.29 is 10.2 Å². The lowest BCUT2D eigenvalue weighted by Crippen LogP contribution is -2.37. The average molecular weight is 172 g/mol. The van der Waals surface area contributed by atoms with Crippen molar-refractivity contribution >= 4 is 0 Å². The molecule has 0 saturated carbocycles. The van der Waals surface area contributed by atoms with Gasteiger partial charge in [0, 0.05) is 0 Å². The molecule has 2 atom stereocenters. The third kappa shape index (κ3) is 3.88. The van der Waals surface area contributed by atoms with E-state index in [4.69, 9.17) is 0 Å². The Kier molecular flexibility index (Phi) is 3.94. The second-order valence-corrected chi connectivity index (χ2v) is 4.54. The second kappa shape index (κ2) is 4.06. The van der Waals surface area contributed by atoms with Crippen LogP contribution in [0.15, 0.2) is 12.2 Å². The molecule has 0 fully saturated rings. The van der Waals surface area contributed by atoms with Crippen LogP contribution in [-0.4, -0.2) is 22.4 Å². The summed E-state index contributed by atoms with van der Waals surface area (Å²) >= 11 is 0. The van der Waals surface area contributed by atoms with Gasteiger partial charge in [-0.1, -0.05) is 26.3 Å². The zero-order valence-electron chi connectivity index (χ0n) is 8.46. The topological polar surface area (TPSA) is 40.5 Å². The summed E-state index contributed by atoms with van der Waals surface area (Å²) < 4.78 is 0. The number of rotatable bonds is 3. The molecule has 0 saturated heterocycles. The lowest BCUT2D eigenvalue weighted by atomic mass is 9.84. The smallest absolute Gasteiger partial charge is 0.0850 e. The minimum atomic E-state index is -0.692. The summed E-state index contributed by atoms with van der Waals surface area (Å²) in [6.45, 7) is 11.2. The summed E-state index contributed by atoms with van der Waals surface area (Å²) in [5, 5.41) is 19.1. The van der Waals surface area contributed by atoms with E-state index in [1.807, 2.05) is 27.7 Å². The summed E-state index contributed by atoms with van der Waals surface area (Å²) in [6.07, 6.45) is -0.907. The third-order valence-corrected chi connectivity index (χ3v) is 1.81. The van der Waals surface area contributed by atoms with Gasteiger partial charge in [0.2, 0.25) is 0 Å². The van der Waals surface area contributed by atoms with Crippen LogP contribution in [0.4, 0.5) is 0 Å². The van der Waals surface area contributed by atoms with Crippen molar-refractivity contribution in [3.63, 3.8) is 0 Å². The van der Waals surface area contributed by atoms with E-state index in [-0.39, 0.29) is 5.41 Å². The van der Waals surface area contributed by atoms with Crippen LogP contribution in [0.3, 0.4) is 0 Å². The number of hydrogen-bond acceptors (Lipinski definition) is 2. The van der Waals surface area contributed by atoms with Crippen LogP contribution in [0.1, 0.15) is 34.1 Å². The van der Waals surface area contributed by atoms with Gasteiger partial charge in [0.25, 0.3) is 0 Å². The molecule has 2 unspecified atom stereocenters. The first-order valence-corrected chi connectivity index (χ1v) is 4.25. The largest absolute Gasteiger partial charge is 0.390 e. The average Bonchev–Trinajstić information content (AvgIpc) is 1.82. The Hall–Kier alpha value is -0.340. The quantitative estimate of drug-likeness (QED) is 0.636. The third-order valence-electron chi connectivity index (χ3n) is 1.81. The molecule has 0 radical (unpaired) electrons. The predicted molar refractivity (Wildman–Crippen MR) is 50.9 cm³/mol. The van der Waals surface area contributed by atoms with Gasteiger partial charge in [0.05, 0.1) is 12.2 Å². The molecule has 0 aliphatic rings. The molecule has 0 bridgehead atoms. The minimum absolute atomic E-state index is 0.269. The Labute approximate surface area is 74.9 Å². The summed E-state index contributed by atoms with van der Waals surface area (Å²) in [6, 6.07) is 0. The van der Waals surface area contributed by atoms with E-state index in [0.29, 0.717) is 6.42 Å². The first kappa shape index (κ1) is 11.7. The first-order valence-electron chi connectivity index (χ1n) is 4.25. The lowest BCUT2D eigenvalue weighted by Gasteiger charge is -2.30. The molecule has 72 valence electrons. The zero-order valence-corrected chi connectivity index (χ0v) is 8.46. The van der Waals surface area contributed by atoms with E-state index in [9.17, 15) is 10.2 Å². The van der Waals surface area contributed by atoms with Gasteiger partial charge in [-0.3, -0.25) is 0 Å². The Bertz CT molecular complexity index is 156. The van der Waals surface area contributed by atoms with Crippen molar-refractivity contribution in [3.8, 4) is 0 Å². The molecule has 12 heavy (non-hydrogen) atoms. The standard InChI is InChI=1S/C10H20O2/c1-7(2)6-8(11)9(12)10(3,4)5/h8-9,11-12H,1,6H2,2-5H3. The lowest BCUT2D eigenvalue weighted by molar-refractivity contribution is -0.0432. The molecule has 2 nitrogen and oxygen atoms in total. The Morgan fingerprint density at radius 3 is 2.00 bits per heavy atom. The van der Waals surface area contributed by atoms with Crippen LogP contribution in [0, 0.1) is 5.41 Å². The fraction of sp³-hybridized carbons (Fsp3) is 0.800. The highest BCUT2D eigenvalue weighted by atomic mass is 16.3. The molecule has 0 rings (SSSR count). The summed E-state index contributed by atoms with van der Waals surface area (Å²) in [5.41, 5.74) is 0.625. The Morgan fingerprint density at radius 1 is 1.33 bits per heavy atom. The van der Waals surface area contributed by atoms with Crippen LogP contribution in [0.5, 0.6) is 0 Å². The highest BCUT2D eigenvalue weighted by molar-refractivity contribution is 4.94. The molecule has 0 aromatic rings. The minimum Gasteiger partial charge on any atom is -0.390 e. The first-order chi connectivity index (χ1) is 5.25. The molecule has 0 heterocycles. The van der Waals surface area contributed by atoms with Crippen molar-refractivity contribution in [1.82, 2.24) is 0 Å². The zero-order chi connectivity index (χ0) is 9.94. The molecule has 0 amide bonds. The molecule has 2 heteroatoms. The maximum Gasteiger partial charge on any atom is 0.0850 e. The van der Waals surface area contributed by atoms with Crippen LogP contribution in [-0.2, 0) is 0 Å². The van der Waals surface area contributed by atoms with E-state index in [1.165, 1.54) is 0 Å². The van der Waals surface area contributed by atoms with Crippen LogP contribution in [0.2, 0.25) is 0 Å². The van der Waals surface area contributed by atoms with Crippen LogP contribution in [0.25, 0.3) is 0 Å². The molecular formula is C10H20O2. The molecule has 0 aliphatic carbocycles. The maximum atomic E-state index is 9.61. The van der Waals surface area contributed by atoms with Crippen molar-refractivity contribution in [2.24, 2.45) is 5.41 Å². The predicted octanol–water partition coefficient (Wildman–Crippen LogP) is 1.72. The van der Waals surface area contributed by atoms with Crippen molar-refractivity contribution in [2.75, 3.05) is 0 Å². The number of aliphatic hydroxyl groups excluding tert-OH is 2. The van der Waals surface area contributed by atoms with Gasteiger partial charge in [-0.25, -0.2) is 0 Å². The molecular weight excluding hydrogens is 152 g/mol. The normalized spacial score (nSPS) is 17.2.